The van der Waals surface area contributed by atoms with Gasteiger partial charge in [0.25, 0.3) is 5.56 Å². The molecule has 1 fully saturated rings. The topological polar surface area (TPSA) is 67.7 Å². The molecule has 0 saturated carbocycles. The summed E-state index contributed by atoms with van der Waals surface area (Å²) in [6.07, 6.45) is -0.353. The molecule has 204 valence electrons. The van der Waals surface area contributed by atoms with Gasteiger partial charge in [-0.3, -0.25) is 9.36 Å². The van der Waals surface area contributed by atoms with Gasteiger partial charge in [-0.2, -0.15) is 0 Å². The largest absolute Gasteiger partial charge is 0.444 e. The molecular formula is C29H36ClFN4O3. The Hall–Kier alpha value is -3.13. The fourth-order valence-electron chi connectivity index (χ4n) is 4.77. The maximum Gasteiger partial charge on any atom is 0.410 e. The molecule has 1 unspecified atom stereocenters. The van der Waals surface area contributed by atoms with Crippen LogP contribution in [-0.4, -0.2) is 51.8 Å². The Morgan fingerprint density at radius 1 is 1.13 bits per heavy atom. The Kier molecular flexibility index (Phi) is 7.49. The zero-order chi connectivity index (χ0) is 28.0. The third-order valence-corrected chi connectivity index (χ3v) is 6.65. The lowest BCUT2D eigenvalue weighted by molar-refractivity contribution is 0.0219. The number of piperazine rings is 1. The average Bonchev–Trinajstić information content (AvgIpc) is 2.79. The monoisotopic (exact) mass is 542 g/mol. The summed E-state index contributed by atoms with van der Waals surface area (Å²) in [5.74, 6) is -0.436. The van der Waals surface area contributed by atoms with Gasteiger partial charge in [0.15, 0.2) is 0 Å². The van der Waals surface area contributed by atoms with Crippen molar-refractivity contribution < 1.29 is 13.9 Å². The van der Waals surface area contributed by atoms with E-state index in [4.69, 9.17) is 21.3 Å². The van der Waals surface area contributed by atoms with Crippen molar-refractivity contribution in [2.45, 2.75) is 66.7 Å². The maximum absolute atomic E-state index is 14.7. The predicted molar refractivity (Wildman–Crippen MR) is 150 cm³/mol. The van der Waals surface area contributed by atoms with Crippen LogP contribution in [0.1, 0.15) is 48.5 Å². The molecule has 0 bridgehead atoms. The van der Waals surface area contributed by atoms with E-state index in [1.54, 1.807) is 39.8 Å². The number of pyridine rings is 2. The molecule has 1 amide bonds. The van der Waals surface area contributed by atoms with Crippen LogP contribution in [0.25, 0.3) is 22.3 Å². The van der Waals surface area contributed by atoms with E-state index >= 15 is 0 Å². The second kappa shape index (κ2) is 10.2. The number of nitrogens with zero attached hydrogens (tertiary/aromatic N) is 4. The van der Waals surface area contributed by atoms with E-state index in [2.05, 4.69) is 4.90 Å². The number of benzene rings is 1. The summed E-state index contributed by atoms with van der Waals surface area (Å²) in [7, 11) is 0. The van der Waals surface area contributed by atoms with Crippen LogP contribution in [0.5, 0.6) is 0 Å². The molecule has 2 aromatic heterocycles. The van der Waals surface area contributed by atoms with Crippen LogP contribution in [0.3, 0.4) is 0 Å². The summed E-state index contributed by atoms with van der Waals surface area (Å²) in [4.78, 5) is 34.8. The van der Waals surface area contributed by atoms with Crippen molar-refractivity contribution in [3.63, 3.8) is 0 Å². The third-order valence-electron chi connectivity index (χ3n) is 6.36. The SMILES string of the molecule is CC1CN(C(=O)OC(C)(C)C)CCN1c1cc(=O)n(CC(C)(C)C)c2nc(-c3ccccc3F)c(Cl)cc12. The minimum absolute atomic E-state index is 0.0950. The standard InChI is InChI=1S/C29H36ClFN4O3/c1-18-16-33(27(37)38-29(5,6)7)12-13-34(18)23-15-24(36)35(17-28(2,3)4)26-20(23)14-21(30)25(32-26)19-10-8-9-11-22(19)31/h8-11,14-15,18H,12-13,16-17H2,1-7H3. The number of aromatic nitrogens is 2. The first-order valence-electron chi connectivity index (χ1n) is 12.9. The van der Waals surface area contributed by atoms with E-state index in [-0.39, 0.29) is 28.7 Å². The van der Waals surface area contributed by atoms with Crippen molar-refractivity contribution in [3.05, 3.63) is 57.6 Å². The van der Waals surface area contributed by atoms with Gasteiger partial charge in [0.2, 0.25) is 0 Å². The molecule has 0 N–H and O–H groups in total. The van der Waals surface area contributed by atoms with Gasteiger partial charge in [-0.1, -0.05) is 44.5 Å². The van der Waals surface area contributed by atoms with Gasteiger partial charge >= 0.3 is 6.09 Å². The average molecular weight is 543 g/mol. The fraction of sp³-hybridized carbons (Fsp3) is 0.483. The molecule has 38 heavy (non-hydrogen) atoms. The summed E-state index contributed by atoms with van der Waals surface area (Å²) in [5, 5.41) is 1.00. The maximum atomic E-state index is 14.7. The molecule has 9 heteroatoms. The van der Waals surface area contributed by atoms with E-state index in [1.165, 1.54) is 6.07 Å². The lowest BCUT2D eigenvalue weighted by atomic mass is 9.96. The minimum Gasteiger partial charge on any atom is -0.444 e. The summed E-state index contributed by atoms with van der Waals surface area (Å²) < 4.78 is 21.9. The first-order chi connectivity index (χ1) is 17.6. The highest BCUT2D eigenvalue weighted by molar-refractivity contribution is 6.33. The van der Waals surface area contributed by atoms with E-state index in [0.29, 0.717) is 53.6 Å². The number of fused-ring (bicyclic) bond motifs is 1. The van der Waals surface area contributed by atoms with Gasteiger partial charge in [0.05, 0.1) is 16.4 Å². The van der Waals surface area contributed by atoms with Crippen LogP contribution in [0, 0.1) is 11.2 Å². The Morgan fingerprint density at radius 2 is 1.82 bits per heavy atom. The molecule has 3 heterocycles. The van der Waals surface area contributed by atoms with E-state index in [1.807, 2.05) is 48.5 Å². The van der Waals surface area contributed by atoms with Crippen molar-refractivity contribution in [2.24, 2.45) is 5.41 Å². The van der Waals surface area contributed by atoms with Crippen molar-refractivity contribution in [1.29, 1.82) is 0 Å². The Bertz CT molecular complexity index is 1420. The summed E-state index contributed by atoms with van der Waals surface area (Å²) in [5.41, 5.74) is 0.734. The number of anilines is 1. The van der Waals surface area contributed by atoms with Crippen molar-refractivity contribution in [3.8, 4) is 11.3 Å². The third kappa shape index (κ3) is 5.96. The van der Waals surface area contributed by atoms with Gasteiger partial charge < -0.3 is 14.5 Å². The number of halogens is 2. The Morgan fingerprint density at radius 3 is 2.42 bits per heavy atom. The highest BCUT2D eigenvalue weighted by Crippen LogP contribution is 2.36. The van der Waals surface area contributed by atoms with Gasteiger partial charge in [-0.15, -0.1) is 0 Å². The zero-order valence-electron chi connectivity index (χ0n) is 23.1. The molecule has 1 aliphatic rings. The number of hydrogen-bond donors (Lipinski definition) is 0. The second-order valence-corrected chi connectivity index (χ2v) is 12.6. The highest BCUT2D eigenvalue weighted by atomic mass is 35.5. The predicted octanol–water partition coefficient (Wildman–Crippen LogP) is 6.35. The lowest BCUT2D eigenvalue weighted by Crippen LogP contribution is -2.54. The van der Waals surface area contributed by atoms with Crippen LogP contribution in [-0.2, 0) is 11.3 Å². The lowest BCUT2D eigenvalue weighted by Gasteiger charge is -2.41. The van der Waals surface area contributed by atoms with Crippen LogP contribution >= 0.6 is 11.6 Å². The van der Waals surface area contributed by atoms with Gasteiger partial charge in [0, 0.05) is 49.2 Å². The quantitative estimate of drug-likeness (QED) is 0.386. The molecule has 1 atom stereocenters. The highest BCUT2D eigenvalue weighted by Gasteiger charge is 2.32. The minimum atomic E-state index is -0.580. The first-order valence-corrected chi connectivity index (χ1v) is 13.3. The number of carbonyl (C=O) groups is 1. The normalized spacial score (nSPS) is 16.7. The van der Waals surface area contributed by atoms with Crippen LogP contribution in [0.2, 0.25) is 5.02 Å². The smallest absolute Gasteiger partial charge is 0.410 e. The molecular weight excluding hydrogens is 507 g/mol. The van der Waals surface area contributed by atoms with E-state index in [0.717, 1.165) is 0 Å². The fourth-order valence-corrected chi connectivity index (χ4v) is 5.02. The van der Waals surface area contributed by atoms with Crippen molar-refractivity contribution >= 4 is 34.4 Å². The van der Waals surface area contributed by atoms with Crippen LogP contribution in [0.4, 0.5) is 14.9 Å². The Labute approximate surface area is 228 Å². The second-order valence-electron chi connectivity index (χ2n) is 12.2. The molecule has 0 spiro atoms. The number of hydrogen-bond acceptors (Lipinski definition) is 5. The van der Waals surface area contributed by atoms with E-state index in [9.17, 15) is 14.0 Å². The van der Waals surface area contributed by atoms with Crippen LogP contribution < -0.4 is 10.5 Å². The molecule has 0 aliphatic carbocycles. The number of ether oxygens (including phenoxy) is 1. The first kappa shape index (κ1) is 27.9. The molecule has 1 saturated heterocycles. The molecule has 0 radical (unpaired) electrons. The molecule has 1 aromatic carbocycles. The molecule has 4 rings (SSSR count). The number of amides is 1. The van der Waals surface area contributed by atoms with Crippen LogP contribution in [0.15, 0.2) is 41.2 Å². The molecule has 3 aromatic rings. The van der Waals surface area contributed by atoms with Gasteiger partial charge in [0.1, 0.15) is 17.1 Å². The molecule has 7 nitrogen and oxygen atoms in total. The number of carbonyl (C=O) groups excluding carboxylic acids is 1. The summed E-state index contributed by atoms with van der Waals surface area (Å²) in [6, 6.07) is 9.62. The van der Waals surface area contributed by atoms with E-state index < -0.39 is 11.4 Å². The van der Waals surface area contributed by atoms with Crippen molar-refractivity contribution in [2.75, 3.05) is 24.5 Å². The zero-order valence-corrected chi connectivity index (χ0v) is 23.9. The summed E-state index contributed by atoms with van der Waals surface area (Å²) >= 11 is 6.70. The Balaban J connectivity index is 1.82. The molecule has 1 aliphatic heterocycles. The summed E-state index contributed by atoms with van der Waals surface area (Å²) in [6.45, 7) is 15.5. The van der Waals surface area contributed by atoms with Gasteiger partial charge in [-0.25, -0.2) is 14.2 Å². The van der Waals surface area contributed by atoms with Gasteiger partial charge in [-0.05, 0) is 51.3 Å². The van der Waals surface area contributed by atoms with Crippen molar-refractivity contribution in [1.82, 2.24) is 14.5 Å². The number of rotatable bonds is 3.